The lowest BCUT2D eigenvalue weighted by Gasteiger charge is -2.33. The van der Waals surface area contributed by atoms with Crippen molar-refractivity contribution >= 4 is 17.4 Å². The number of amides is 2. The molecule has 1 heterocycles. The van der Waals surface area contributed by atoms with Gasteiger partial charge in [0.2, 0.25) is 0 Å². The van der Waals surface area contributed by atoms with Crippen molar-refractivity contribution in [2.24, 2.45) is 0 Å². The van der Waals surface area contributed by atoms with Crippen molar-refractivity contribution in [3.8, 4) is 0 Å². The monoisotopic (exact) mass is 336 g/mol. The van der Waals surface area contributed by atoms with Crippen LogP contribution in [-0.4, -0.2) is 52.7 Å². The number of aliphatic hydroxyl groups excluding tert-OH is 1. The maximum Gasteiger partial charge on any atom is 0.319 e. The molecule has 2 amide bonds. The third-order valence-electron chi connectivity index (χ3n) is 4.18. The van der Waals surface area contributed by atoms with Gasteiger partial charge in [0.25, 0.3) is 5.69 Å². The lowest BCUT2D eigenvalue weighted by atomic mass is 10.0. The van der Waals surface area contributed by atoms with E-state index in [2.05, 4.69) is 15.5 Å². The first-order valence-electron chi connectivity index (χ1n) is 8.20. The number of hydrogen-bond donors (Lipinski definition) is 3. The Bertz CT molecular complexity index is 573. The third kappa shape index (κ3) is 5.47. The number of carbonyl (C=O) groups excluding carboxylic acids is 1. The number of benzene rings is 1. The van der Waals surface area contributed by atoms with Crippen LogP contribution in [0.1, 0.15) is 26.2 Å². The molecule has 0 unspecified atom stereocenters. The summed E-state index contributed by atoms with van der Waals surface area (Å²) in [7, 11) is 0. The summed E-state index contributed by atoms with van der Waals surface area (Å²) in [6, 6.07) is 5.56. The molecule has 1 aliphatic heterocycles. The van der Waals surface area contributed by atoms with Crippen LogP contribution in [0.4, 0.5) is 16.2 Å². The summed E-state index contributed by atoms with van der Waals surface area (Å²) in [4.78, 5) is 24.5. The van der Waals surface area contributed by atoms with E-state index in [9.17, 15) is 20.0 Å². The highest BCUT2D eigenvalue weighted by Gasteiger charge is 2.22. The minimum atomic E-state index is -0.496. The molecule has 1 atom stereocenters. The lowest BCUT2D eigenvalue weighted by Crippen LogP contribution is -2.47. The molecular formula is C16H24N4O4. The fourth-order valence-corrected chi connectivity index (χ4v) is 2.74. The van der Waals surface area contributed by atoms with Crippen molar-refractivity contribution in [1.82, 2.24) is 10.2 Å². The van der Waals surface area contributed by atoms with Crippen LogP contribution in [0, 0.1) is 10.1 Å². The van der Waals surface area contributed by atoms with E-state index in [-0.39, 0.29) is 23.9 Å². The summed E-state index contributed by atoms with van der Waals surface area (Å²) in [6.45, 7) is 4.29. The SMILES string of the molecule is CC[C@H](O)CN1CCC(NC(=O)Nc2cccc([N+](=O)[O-])c2)CC1. The number of carbonyl (C=O) groups is 1. The van der Waals surface area contributed by atoms with Crippen LogP contribution in [0.5, 0.6) is 0 Å². The van der Waals surface area contributed by atoms with Gasteiger partial charge in [-0.1, -0.05) is 13.0 Å². The van der Waals surface area contributed by atoms with E-state index in [4.69, 9.17) is 0 Å². The molecule has 3 N–H and O–H groups in total. The van der Waals surface area contributed by atoms with Crippen molar-refractivity contribution in [2.75, 3.05) is 25.0 Å². The molecule has 24 heavy (non-hydrogen) atoms. The summed E-state index contributed by atoms with van der Waals surface area (Å²) in [5.74, 6) is 0. The zero-order valence-electron chi connectivity index (χ0n) is 13.8. The highest BCUT2D eigenvalue weighted by molar-refractivity contribution is 5.89. The van der Waals surface area contributed by atoms with Crippen LogP contribution >= 0.6 is 0 Å². The number of nitrogens with zero attached hydrogens (tertiary/aromatic N) is 2. The number of β-amino-alcohol motifs (C(OH)–C–C–N with tert-alkyl or cyclic N) is 1. The maximum atomic E-state index is 12.0. The number of urea groups is 1. The van der Waals surface area contributed by atoms with Gasteiger partial charge < -0.3 is 20.6 Å². The molecule has 1 fully saturated rings. The van der Waals surface area contributed by atoms with E-state index in [1.807, 2.05) is 6.92 Å². The molecular weight excluding hydrogens is 312 g/mol. The predicted octanol–water partition coefficient (Wildman–Crippen LogP) is 1.95. The van der Waals surface area contributed by atoms with Crippen molar-refractivity contribution in [2.45, 2.75) is 38.3 Å². The number of hydrogen-bond acceptors (Lipinski definition) is 5. The Hall–Kier alpha value is -2.19. The largest absolute Gasteiger partial charge is 0.392 e. The van der Waals surface area contributed by atoms with Gasteiger partial charge in [-0.25, -0.2) is 4.79 Å². The van der Waals surface area contributed by atoms with E-state index in [1.165, 1.54) is 18.2 Å². The summed E-state index contributed by atoms with van der Waals surface area (Å²) in [5.41, 5.74) is 0.334. The number of anilines is 1. The number of aliphatic hydroxyl groups is 1. The molecule has 1 saturated heterocycles. The van der Waals surface area contributed by atoms with Gasteiger partial charge in [-0.15, -0.1) is 0 Å². The van der Waals surface area contributed by atoms with E-state index in [0.29, 0.717) is 12.2 Å². The van der Waals surface area contributed by atoms with Crippen molar-refractivity contribution in [3.63, 3.8) is 0 Å². The summed E-state index contributed by atoms with van der Waals surface area (Å²) >= 11 is 0. The molecule has 1 aromatic rings. The Morgan fingerprint density at radius 3 is 2.79 bits per heavy atom. The third-order valence-corrected chi connectivity index (χ3v) is 4.18. The Morgan fingerprint density at radius 1 is 1.46 bits per heavy atom. The number of likely N-dealkylation sites (tertiary alicyclic amines) is 1. The Labute approximate surface area is 141 Å². The number of non-ortho nitro benzene ring substituents is 1. The zero-order chi connectivity index (χ0) is 17.5. The van der Waals surface area contributed by atoms with Crippen LogP contribution < -0.4 is 10.6 Å². The second-order valence-electron chi connectivity index (χ2n) is 6.04. The molecule has 0 saturated carbocycles. The van der Waals surface area contributed by atoms with Gasteiger partial charge in [0.1, 0.15) is 0 Å². The van der Waals surface area contributed by atoms with Gasteiger partial charge in [-0.05, 0) is 25.3 Å². The predicted molar refractivity (Wildman–Crippen MR) is 91.0 cm³/mol. The number of nitrogens with one attached hydrogen (secondary N) is 2. The molecule has 132 valence electrons. The highest BCUT2D eigenvalue weighted by atomic mass is 16.6. The van der Waals surface area contributed by atoms with E-state index in [0.717, 1.165) is 32.4 Å². The van der Waals surface area contributed by atoms with Gasteiger partial charge >= 0.3 is 6.03 Å². The Kier molecular flexibility index (Phi) is 6.51. The van der Waals surface area contributed by atoms with E-state index < -0.39 is 4.92 Å². The molecule has 1 aliphatic rings. The lowest BCUT2D eigenvalue weighted by molar-refractivity contribution is -0.384. The molecule has 0 aromatic heterocycles. The summed E-state index contributed by atoms with van der Waals surface area (Å²) in [6.07, 6.45) is 2.08. The Morgan fingerprint density at radius 2 is 2.17 bits per heavy atom. The summed E-state index contributed by atoms with van der Waals surface area (Å²) < 4.78 is 0. The van der Waals surface area contributed by atoms with Gasteiger partial charge in [0, 0.05) is 43.5 Å². The number of piperidine rings is 1. The molecule has 8 nitrogen and oxygen atoms in total. The average Bonchev–Trinajstić information content (AvgIpc) is 2.56. The maximum absolute atomic E-state index is 12.0. The van der Waals surface area contributed by atoms with Gasteiger partial charge in [-0.3, -0.25) is 10.1 Å². The average molecular weight is 336 g/mol. The standard InChI is InChI=1S/C16H24N4O4/c1-2-15(21)11-19-8-6-12(7-9-19)17-16(22)18-13-4-3-5-14(10-13)20(23)24/h3-5,10,12,15,21H,2,6-9,11H2,1H3,(H2,17,18,22)/t15-/m0/s1. The molecule has 1 aromatic carbocycles. The molecule has 8 heteroatoms. The van der Waals surface area contributed by atoms with Crippen LogP contribution in [0.3, 0.4) is 0 Å². The highest BCUT2D eigenvalue weighted by Crippen LogP contribution is 2.17. The quantitative estimate of drug-likeness (QED) is 0.543. The first-order chi connectivity index (χ1) is 11.5. The fourth-order valence-electron chi connectivity index (χ4n) is 2.74. The first kappa shape index (κ1) is 18.2. The smallest absolute Gasteiger partial charge is 0.319 e. The molecule has 0 aliphatic carbocycles. The molecule has 0 spiro atoms. The molecule has 2 rings (SSSR count). The van der Waals surface area contributed by atoms with Crippen molar-refractivity contribution < 1.29 is 14.8 Å². The van der Waals surface area contributed by atoms with Crippen LogP contribution in [0.15, 0.2) is 24.3 Å². The number of nitro benzene ring substituents is 1. The number of rotatable bonds is 6. The minimum absolute atomic E-state index is 0.0596. The normalized spacial score (nSPS) is 17.2. The zero-order valence-corrected chi connectivity index (χ0v) is 13.8. The van der Waals surface area contributed by atoms with Crippen LogP contribution in [0.2, 0.25) is 0 Å². The Balaban J connectivity index is 1.77. The van der Waals surface area contributed by atoms with E-state index >= 15 is 0 Å². The first-order valence-corrected chi connectivity index (χ1v) is 8.20. The van der Waals surface area contributed by atoms with E-state index in [1.54, 1.807) is 6.07 Å². The second-order valence-corrected chi connectivity index (χ2v) is 6.04. The van der Waals surface area contributed by atoms with Gasteiger partial charge in [0.05, 0.1) is 11.0 Å². The topological polar surface area (TPSA) is 108 Å². The summed E-state index contributed by atoms with van der Waals surface area (Å²) in [5, 5.41) is 25.9. The molecule has 0 bridgehead atoms. The van der Waals surface area contributed by atoms with Crippen molar-refractivity contribution in [1.29, 1.82) is 0 Å². The van der Waals surface area contributed by atoms with Gasteiger partial charge in [-0.2, -0.15) is 0 Å². The van der Waals surface area contributed by atoms with Crippen LogP contribution in [-0.2, 0) is 0 Å². The van der Waals surface area contributed by atoms with Crippen LogP contribution in [0.25, 0.3) is 0 Å². The fraction of sp³-hybridized carbons (Fsp3) is 0.562. The number of nitro groups is 1. The minimum Gasteiger partial charge on any atom is -0.392 e. The second kappa shape index (κ2) is 8.60. The van der Waals surface area contributed by atoms with Crippen molar-refractivity contribution in [3.05, 3.63) is 34.4 Å². The molecule has 0 radical (unpaired) electrons. The van der Waals surface area contributed by atoms with Gasteiger partial charge in [0.15, 0.2) is 0 Å².